The maximum atomic E-state index is 4.67. The number of aromatic nitrogens is 3. The molecule has 130 valence electrons. The number of nitrogens with zero attached hydrogens (tertiary/aromatic N) is 2. The molecule has 0 amide bonds. The third-order valence-electron chi connectivity index (χ3n) is 4.62. The van der Waals surface area contributed by atoms with E-state index in [2.05, 4.69) is 76.6 Å². The number of H-pyrrole nitrogens is 1. The molecule has 2 heterocycles. The highest BCUT2D eigenvalue weighted by Crippen LogP contribution is 2.30. The van der Waals surface area contributed by atoms with Crippen LogP contribution in [-0.4, -0.2) is 15.0 Å². The van der Waals surface area contributed by atoms with Crippen molar-refractivity contribution in [2.75, 3.05) is 5.32 Å². The average molecular weight is 342 g/mol. The van der Waals surface area contributed by atoms with Crippen LogP contribution in [0.5, 0.6) is 0 Å². The van der Waals surface area contributed by atoms with Gasteiger partial charge in [-0.05, 0) is 49.6 Å². The van der Waals surface area contributed by atoms with Crippen LogP contribution in [0.15, 0.2) is 54.6 Å². The molecule has 0 fully saturated rings. The van der Waals surface area contributed by atoms with Crippen molar-refractivity contribution in [2.45, 2.75) is 27.2 Å². The van der Waals surface area contributed by atoms with Crippen LogP contribution in [-0.2, 0) is 6.42 Å². The zero-order chi connectivity index (χ0) is 18.1. The summed E-state index contributed by atoms with van der Waals surface area (Å²) >= 11 is 0. The summed E-state index contributed by atoms with van der Waals surface area (Å²) in [6.45, 7) is 6.15. The van der Waals surface area contributed by atoms with E-state index in [1.165, 1.54) is 22.4 Å². The van der Waals surface area contributed by atoms with Gasteiger partial charge >= 0.3 is 0 Å². The molecule has 2 aromatic carbocycles. The van der Waals surface area contributed by atoms with E-state index in [0.29, 0.717) is 0 Å². The number of benzene rings is 2. The van der Waals surface area contributed by atoms with Gasteiger partial charge in [-0.1, -0.05) is 42.5 Å². The summed E-state index contributed by atoms with van der Waals surface area (Å²) < 4.78 is 0. The molecule has 0 saturated heterocycles. The summed E-state index contributed by atoms with van der Waals surface area (Å²) in [7, 11) is 0. The predicted molar refractivity (Wildman–Crippen MR) is 107 cm³/mol. The van der Waals surface area contributed by atoms with Crippen LogP contribution in [0.3, 0.4) is 0 Å². The van der Waals surface area contributed by atoms with Gasteiger partial charge in [0.05, 0.1) is 5.39 Å². The van der Waals surface area contributed by atoms with Crippen LogP contribution in [0.1, 0.15) is 28.2 Å². The Kier molecular flexibility index (Phi) is 4.17. The van der Waals surface area contributed by atoms with Crippen molar-refractivity contribution in [3.05, 3.63) is 82.8 Å². The zero-order valence-corrected chi connectivity index (χ0v) is 15.3. The summed E-state index contributed by atoms with van der Waals surface area (Å²) in [5.41, 5.74) is 6.79. The first-order valence-corrected chi connectivity index (χ1v) is 8.83. The standard InChI is InChI=1S/C22H22N4/c1-14-8-7-11-18(12-14)25-21-20-15(2)19(13-17-9-5-4-6-10-17)26-22(20)24-16(3)23-21/h4-12H,13H2,1-3H3,(H2,23,24,25,26). The SMILES string of the molecule is Cc1cccc(Nc2nc(C)nc3[nH]c(Cc4ccccc4)c(C)c23)c1. The molecule has 0 aliphatic heterocycles. The largest absolute Gasteiger partial charge is 0.343 e. The molecule has 0 bridgehead atoms. The molecular formula is C22H22N4. The van der Waals surface area contributed by atoms with Gasteiger partial charge in [-0.25, -0.2) is 9.97 Å². The van der Waals surface area contributed by atoms with Gasteiger partial charge in [0, 0.05) is 17.8 Å². The second-order valence-electron chi connectivity index (χ2n) is 6.73. The Hall–Kier alpha value is -3.14. The van der Waals surface area contributed by atoms with Crippen molar-refractivity contribution in [1.29, 1.82) is 0 Å². The number of hydrogen-bond donors (Lipinski definition) is 2. The lowest BCUT2D eigenvalue weighted by Gasteiger charge is -2.09. The monoisotopic (exact) mass is 342 g/mol. The minimum atomic E-state index is 0.750. The first-order chi connectivity index (χ1) is 12.6. The van der Waals surface area contributed by atoms with Gasteiger partial charge in [-0.2, -0.15) is 0 Å². The normalized spacial score (nSPS) is 11.0. The fourth-order valence-electron chi connectivity index (χ4n) is 3.33. The van der Waals surface area contributed by atoms with Crippen LogP contribution in [0, 0.1) is 20.8 Å². The summed E-state index contributed by atoms with van der Waals surface area (Å²) in [6, 6.07) is 18.8. The predicted octanol–water partition coefficient (Wildman–Crippen LogP) is 5.22. The molecule has 0 aliphatic carbocycles. The molecule has 2 N–H and O–H groups in total. The number of aromatic amines is 1. The average Bonchev–Trinajstić information content (AvgIpc) is 2.91. The Bertz CT molecular complexity index is 1060. The van der Waals surface area contributed by atoms with Crippen LogP contribution in [0.2, 0.25) is 0 Å². The number of nitrogens with one attached hydrogen (secondary N) is 2. The minimum Gasteiger partial charge on any atom is -0.343 e. The number of anilines is 2. The first-order valence-electron chi connectivity index (χ1n) is 8.83. The van der Waals surface area contributed by atoms with Gasteiger partial charge in [0.1, 0.15) is 17.3 Å². The highest BCUT2D eigenvalue weighted by molar-refractivity contribution is 5.93. The lowest BCUT2D eigenvalue weighted by molar-refractivity contribution is 1.06. The zero-order valence-electron chi connectivity index (χ0n) is 15.3. The quantitative estimate of drug-likeness (QED) is 0.535. The van der Waals surface area contributed by atoms with Crippen LogP contribution in [0.25, 0.3) is 11.0 Å². The van der Waals surface area contributed by atoms with Crippen LogP contribution < -0.4 is 5.32 Å². The Balaban J connectivity index is 1.78. The van der Waals surface area contributed by atoms with E-state index in [1.807, 2.05) is 19.1 Å². The van der Waals surface area contributed by atoms with Gasteiger partial charge in [-0.15, -0.1) is 0 Å². The van der Waals surface area contributed by atoms with Crippen molar-refractivity contribution in [3.8, 4) is 0 Å². The molecule has 4 aromatic rings. The van der Waals surface area contributed by atoms with Gasteiger partial charge in [-0.3, -0.25) is 0 Å². The molecular weight excluding hydrogens is 320 g/mol. The Morgan fingerprint density at radius 2 is 1.73 bits per heavy atom. The molecule has 4 heteroatoms. The molecule has 4 rings (SSSR count). The lowest BCUT2D eigenvalue weighted by atomic mass is 10.1. The second kappa shape index (κ2) is 6.64. The van der Waals surface area contributed by atoms with E-state index < -0.39 is 0 Å². The molecule has 2 aromatic heterocycles. The van der Waals surface area contributed by atoms with Gasteiger partial charge < -0.3 is 10.3 Å². The lowest BCUT2D eigenvalue weighted by Crippen LogP contribution is -1.99. The van der Waals surface area contributed by atoms with E-state index in [1.54, 1.807) is 0 Å². The number of rotatable bonds is 4. The van der Waals surface area contributed by atoms with Crippen molar-refractivity contribution >= 4 is 22.5 Å². The number of fused-ring (bicyclic) bond motifs is 1. The Labute approximate surface area is 153 Å². The fourth-order valence-corrected chi connectivity index (χ4v) is 3.33. The van der Waals surface area contributed by atoms with E-state index in [4.69, 9.17) is 0 Å². The minimum absolute atomic E-state index is 0.750. The topological polar surface area (TPSA) is 53.6 Å². The van der Waals surface area contributed by atoms with E-state index in [0.717, 1.165) is 34.8 Å². The number of hydrogen-bond acceptors (Lipinski definition) is 3. The van der Waals surface area contributed by atoms with E-state index >= 15 is 0 Å². The van der Waals surface area contributed by atoms with Crippen molar-refractivity contribution in [2.24, 2.45) is 0 Å². The van der Waals surface area contributed by atoms with Gasteiger partial charge in [0.2, 0.25) is 0 Å². The molecule has 0 saturated carbocycles. The summed E-state index contributed by atoms with van der Waals surface area (Å²) in [5, 5.41) is 4.53. The molecule has 0 spiro atoms. The summed E-state index contributed by atoms with van der Waals surface area (Å²) in [4.78, 5) is 12.8. The summed E-state index contributed by atoms with van der Waals surface area (Å²) in [6.07, 6.45) is 0.853. The van der Waals surface area contributed by atoms with Crippen molar-refractivity contribution < 1.29 is 0 Å². The fraction of sp³-hybridized carbons (Fsp3) is 0.182. The smallest absolute Gasteiger partial charge is 0.143 e. The third-order valence-corrected chi connectivity index (χ3v) is 4.62. The molecule has 4 nitrogen and oxygen atoms in total. The maximum Gasteiger partial charge on any atom is 0.143 e. The maximum absolute atomic E-state index is 4.67. The highest BCUT2D eigenvalue weighted by atomic mass is 15.1. The highest BCUT2D eigenvalue weighted by Gasteiger charge is 2.15. The molecule has 26 heavy (non-hydrogen) atoms. The van der Waals surface area contributed by atoms with E-state index in [-0.39, 0.29) is 0 Å². The van der Waals surface area contributed by atoms with Gasteiger partial charge in [0.15, 0.2) is 0 Å². The number of aryl methyl sites for hydroxylation is 3. The van der Waals surface area contributed by atoms with Crippen molar-refractivity contribution in [3.63, 3.8) is 0 Å². The van der Waals surface area contributed by atoms with Crippen molar-refractivity contribution in [1.82, 2.24) is 15.0 Å². The summed E-state index contributed by atoms with van der Waals surface area (Å²) in [5.74, 6) is 1.60. The van der Waals surface area contributed by atoms with Gasteiger partial charge in [0.25, 0.3) is 0 Å². The van der Waals surface area contributed by atoms with Crippen LogP contribution in [0.4, 0.5) is 11.5 Å². The Morgan fingerprint density at radius 1 is 0.923 bits per heavy atom. The van der Waals surface area contributed by atoms with E-state index in [9.17, 15) is 0 Å². The first kappa shape index (κ1) is 16.3. The second-order valence-corrected chi connectivity index (χ2v) is 6.73. The Morgan fingerprint density at radius 3 is 2.50 bits per heavy atom. The molecule has 0 unspecified atom stereocenters. The molecule has 0 aliphatic rings. The van der Waals surface area contributed by atoms with Crippen LogP contribution >= 0.6 is 0 Å². The third kappa shape index (κ3) is 3.18. The molecule has 0 radical (unpaired) electrons. The molecule has 0 atom stereocenters.